The third-order valence-electron chi connectivity index (χ3n) is 12.3. The van der Waals surface area contributed by atoms with Crippen molar-refractivity contribution >= 4 is 48.6 Å². The van der Waals surface area contributed by atoms with Gasteiger partial charge in [-0.25, -0.2) is 0 Å². The van der Waals surface area contributed by atoms with Crippen molar-refractivity contribution in [3.8, 4) is 44.5 Å². The summed E-state index contributed by atoms with van der Waals surface area (Å²) >= 11 is 1.90. The van der Waals surface area contributed by atoms with Crippen LogP contribution in [0.2, 0.25) is 0 Å². The number of fused-ring (bicyclic) bond motifs is 8. The summed E-state index contributed by atoms with van der Waals surface area (Å²) in [6.45, 7) is 0. The minimum absolute atomic E-state index is 0.0739. The van der Waals surface area contributed by atoms with Crippen LogP contribution in [0.1, 0.15) is 36.8 Å². The van der Waals surface area contributed by atoms with Crippen molar-refractivity contribution < 1.29 is 0 Å². The highest BCUT2D eigenvalue weighted by atomic mass is 32.1. The second-order valence-electron chi connectivity index (χ2n) is 15.1. The van der Waals surface area contributed by atoms with Crippen LogP contribution in [-0.2, 0) is 5.41 Å². The van der Waals surface area contributed by atoms with Gasteiger partial charge in [0.1, 0.15) is 0 Å². The molecule has 0 saturated heterocycles. The zero-order valence-corrected chi connectivity index (χ0v) is 31.4. The molecule has 55 heavy (non-hydrogen) atoms. The van der Waals surface area contributed by atoms with Crippen LogP contribution in [0.25, 0.3) is 64.7 Å². The molecule has 2 aliphatic carbocycles. The van der Waals surface area contributed by atoms with Gasteiger partial charge in [0.15, 0.2) is 0 Å². The average Bonchev–Trinajstić information content (AvgIpc) is 3.98. The van der Waals surface area contributed by atoms with Crippen LogP contribution in [0.4, 0.5) is 17.1 Å². The largest absolute Gasteiger partial charge is 0.308 e. The molecule has 1 aromatic heterocycles. The number of thiophene rings is 1. The van der Waals surface area contributed by atoms with Gasteiger partial charge in [-0.1, -0.05) is 177 Å². The standard InChI is InChI=1S/C53H39NS/c1-2-18-36(19-3-1)37-20-4-5-21-38(37)39-22-6-7-23-40(39)41-24-9-12-30-47(41)54(49-32-16-27-43-42-25-10-13-33-50(42)55-52(43)49)48-31-17-29-46-51(48)44-26-8-11-28-45(44)53(46)34-14-15-35-53/h1-13,16-33H,14-15,34-35H2. The molecule has 1 fully saturated rings. The molecule has 0 atom stereocenters. The minimum atomic E-state index is 0.0739. The highest BCUT2D eigenvalue weighted by molar-refractivity contribution is 7.26. The molecule has 2 heteroatoms. The Bertz CT molecular complexity index is 2890. The Morgan fingerprint density at radius 1 is 0.382 bits per heavy atom. The van der Waals surface area contributed by atoms with Crippen molar-refractivity contribution in [2.24, 2.45) is 0 Å². The van der Waals surface area contributed by atoms with E-state index in [0.29, 0.717) is 0 Å². The molecule has 0 N–H and O–H groups in total. The number of para-hydroxylation sites is 1. The molecular formula is C53H39NS. The van der Waals surface area contributed by atoms with Gasteiger partial charge in [-0.05, 0) is 81.6 Å². The number of rotatable bonds is 6. The molecule has 1 nitrogen and oxygen atoms in total. The van der Waals surface area contributed by atoms with Crippen molar-refractivity contribution in [3.05, 3.63) is 199 Å². The van der Waals surface area contributed by atoms with Crippen LogP contribution in [0, 0.1) is 0 Å². The molecule has 0 bridgehead atoms. The van der Waals surface area contributed by atoms with Crippen LogP contribution in [0.3, 0.4) is 0 Å². The lowest BCUT2D eigenvalue weighted by atomic mass is 9.77. The fourth-order valence-electron chi connectivity index (χ4n) is 9.92. The molecule has 8 aromatic carbocycles. The monoisotopic (exact) mass is 721 g/mol. The van der Waals surface area contributed by atoms with Crippen molar-refractivity contribution in [1.82, 2.24) is 0 Å². The maximum Gasteiger partial charge on any atom is 0.0640 e. The Morgan fingerprint density at radius 2 is 0.909 bits per heavy atom. The first-order valence-electron chi connectivity index (χ1n) is 19.6. The summed E-state index contributed by atoms with van der Waals surface area (Å²) in [5.41, 5.74) is 16.8. The normalized spacial score (nSPS) is 14.0. The first-order valence-corrected chi connectivity index (χ1v) is 20.4. The van der Waals surface area contributed by atoms with Crippen LogP contribution in [0.15, 0.2) is 188 Å². The lowest BCUT2D eigenvalue weighted by Gasteiger charge is -2.32. The van der Waals surface area contributed by atoms with Crippen LogP contribution in [-0.4, -0.2) is 0 Å². The maximum atomic E-state index is 2.61. The zero-order chi connectivity index (χ0) is 36.3. The summed E-state index contributed by atoms with van der Waals surface area (Å²) in [6.07, 6.45) is 4.95. The van der Waals surface area contributed by atoms with Crippen LogP contribution in [0.5, 0.6) is 0 Å². The minimum Gasteiger partial charge on any atom is -0.308 e. The molecule has 1 heterocycles. The number of anilines is 3. The quantitative estimate of drug-likeness (QED) is 0.165. The van der Waals surface area contributed by atoms with E-state index in [1.54, 1.807) is 0 Å². The topological polar surface area (TPSA) is 3.24 Å². The van der Waals surface area contributed by atoms with Gasteiger partial charge in [0.05, 0.1) is 21.8 Å². The van der Waals surface area contributed by atoms with Crippen molar-refractivity contribution in [3.63, 3.8) is 0 Å². The van der Waals surface area contributed by atoms with E-state index in [9.17, 15) is 0 Å². The van der Waals surface area contributed by atoms with E-state index in [1.165, 1.54) is 119 Å². The highest BCUT2D eigenvalue weighted by Crippen LogP contribution is 2.61. The van der Waals surface area contributed by atoms with Gasteiger partial charge in [-0.15, -0.1) is 11.3 Å². The van der Waals surface area contributed by atoms with Gasteiger partial charge in [0.2, 0.25) is 0 Å². The molecule has 9 aromatic rings. The van der Waals surface area contributed by atoms with E-state index in [4.69, 9.17) is 0 Å². The van der Waals surface area contributed by atoms with E-state index in [0.717, 1.165) is 0 Å². The molecule has 0 aliphatic heterocycles. The Hall–Kier alpha value is -6.22. The zero-order valence-electron chi connectivity index (χ0n) is 30.6. The number of hydrogen-bond acceptors (Lipinski definition) is 2. The van der Waals surface area contributed by atoms with Gasteiger partial charge < -0.3 is 4.90 Å². The predicted molar refractivity (Wildman–Crippen MR) is 235 cm³/mol. The molecule has 2 aliphatic rings. The molecule has 0 unspecified atom stereocenters. The molecule has 11 rings (SSSR count). The lowest BCUT2D eigenvalue weighted by molar-refractivity contribution is 0.550. The summed E-state index contributed by atoms with van der Waals surface area (Å²) in [4.78, 5) is 2.61. The molecule has 0 amide bonds. The van der Waals surface area contributed by atoms with Crippen LogP contribution < -0.4 is 4.90 Å². The van der Waals surface area contributed by atoms with E-state index >= 15 is 0 Å². The maximum absolute atomic E-state index is 2.61. The second-order valence-corrected chi connectivity index (χ2v) is 16.1. The molecule has 1 spiro atoms. The molecule has 1 saturated carbocycles. The van der Waals surface area contributed by atoms with Gasteiger partial charge in [0.25, 0.3) is 0 Å². The Morgan fingerprint density at radius 3 is 1.71 bits per heavy atom. The number of benzene rings is 8. The molecule has 262 valence electrons. The van der Waals surface area contributed by atoms with Crippen molar-refractivity contribution in [1.29, 1.82) is 0 Å². The first kappa shape index (κ1) is 32.2. The molecule has 0 radical (unpaired) electrons. The van der Waals surface area contributed by atoms with E-state index in [1.807, 2.05) is 11.3 Å². The summed E-state index contributed by atoms with van der Waals surface area (Å²) in [6, 6.07) is 69.9. The van der Waals surface area contributed by atoms with Gasteiger partial charge >= 0.3 is 0 Å². The SMILES string of the molecule is c1ccc(-c2ccccc2-c2ccccc2-c2ccccc2N(c2cccc3c2-c2ccccc2C32CCCC2)c2cccc3c2sc2ccccc23)cc1. The lowest BCUT2D eigenvalue weighted by Crippen LogP contribution is -2.20. The summed E-state index contributed by atoms with van der Waals surface area (Å²) < 4.78 is 2.62. The smallest absolute Gasteiger partial charge is 0.0640 e. The van der Waals surface area contributed by atoms with Crippen molar-refractivity contribution in [2.45, 2.75) is 31.1 Å². The van der Waals surface area contributed by atoms with E-state index in [2.05, 4.69) is 193 Å². The fraction of sp³-hybridized carbons (Fsp3) is 0.0943. The van der Waals surface area contributed by atoms with Gasteiger partial charge in [-0.3, -0.25) is 0 Å². The third kappa shape index (κ3) is 4.98. The van der Waals surface area contributed by atoms with Crippen LogP contribution >= 0.6 is 11.3 Å². The first-order chi connectivity index (χ1) is 27.3. The van der Waals surface area contributed by atoms with Crippen molar-refractivity contribution in [2.75, 3.05) is 4.90 Å². The second kappa shape index (κ2) is 13.0. The summed E-state index contributed by atoms with van der Waals surface area (Å²) in [5.74, 6) is 0. The molecular weight excluding hydrogens is 683 g/mol. The van der Waals surface area contributed by atoms with E-state index < -0.39 is 0 Å². The van der Waals surface area contributed by atoms with Gasteiger partial charge in [-0.2, -0.15) is 0 Å². The Kier molecular flexibility index (Phi) is 7.60. The Labute approximate surface area is 326 Å². The third-order valence-corrected chi connectivity index (χ3v) is 13.5. The van der Waals surface area contributed by atoms with Gasteiger partial charge in [0, 0.05) is 32.0 Å². The van der Waals surface area contributed by atoms with E-state index in [-0.39, 0.29) is 5.41 Å². The summed E-state index contributed by atoms with van der Waals surface area (Å²) in [7, 11) is 0. The summed E-state index contributed by atoms with van der Waals surface area (Å²) in [5, 5.41) is 2.62. The number of nitrogens with zero attached hydrogens (tertiary/aromatic N) is 1. The Balaban J connectivity index is 1.21. The fourth-order valence-corrected chi connectivity index (χ4v) is 11.1. The number of hydrogen-bond donors (Lipinski definition) is 0. The highest BCUT2D eigenvalue weighted by Gasteiger charge is 2.46. The average molecular weight is 722 g/mol. The predicted octanol–water partition coefficient (Wildman–Crippen LogP) is 15.4.